The van der Waals surface area contributed by atoms with E-state index in [-0.39, 0.29) is 35.6 Å². The van der Waals surface area contributed by atoms with Crippen molar-refractivity contribution in [2.75, 3.05) is 52.7 Å². The van der Waals surface area contributed by atoms with Gasteiger partial charge in [-0.3, -0.25) is 14.5 Å². The molecule has 4 rings (SSSR count). The molecule has 3 heterocycles. The van der Waals surface area contributed by atoms with Gasteiger partial charge >= 0.3 is 11.9 Å². The first-order valence-electron chi connectivity index (χ1n) is 11.9. The second kappa shape index (κ2) is 11.8. The molecule has 32 heavy (non-hydrogen) atoms. The maximum atomic E-state index is 12.5. The molecule has 3 saturated heterocycles. The maximum absolute atomic E-state index is 12.5. The Balaban J connectivity index is 1.31. The van der Waals surface area contributed by atoms with E-state index in [0.29, 0.717) is 39.6 Å². The normalized spacial score (nSPS) is 25.5. The van der Waals surface area contributed by atoms with Crippen LogP contribution in [0, 0.1) is 23.7 Å². The molecule has 0 aromatic heterocycles. The van der Waals surface area contributed by atoms with Crippen LogP contribution in [-0.4, -0.2) is 69.6 Å². The monoisotopic (exact) mass is 445 g/mol. The largest absolute Gasteiger partial charge is 0.465 e. The number of rotatable bonds is 8. The standard InChI is InChI=1S/C25H35NO6/c27-24(20-6-10-29-11-7-20)31-17-22-15-26(14-19-4-2-1-3-5-19)16-23(22)18-32-25(28)21-8-12-30-13-9-21/h1-5,20-23H,6-18H2/t22-,23+. The van der Waals surface area contributed by atoms with Crippen molar-refractivity contribution in [1.82, 2.24) is 4.90 Å². The number of hydrogen-bond acceptors (Lipinski definition) is 7. The van der Waals surface area contributed by atoms with E-state index in [0.717, 1.165) is 45.3 Å². The summed E-state index contributed by atoms with van der Waals surface area (Å²) in [4.78, 5) is 27.4. The lowest BCUT2D eigenvalue weighted by Crippen LogP contribution is -2.31. The lowest BCUT2D eigenvalue weighted by Gasteiger charge is -2.24. The Hall–Kier alpha value is -1.96. The predicted octanol–water partition coefficient (Wildman–Crippen LogP) is 2.67. The molecule has 0 saturated carbocycles. The third kappa shape index (κ3) is 6.53. The Morgan fingerprint density at radius 2 is 1.25 bits per heavy atom. The second-order valence-electron chi connectivity index (χ2n) is 9.23. The Morgan fingerprint density at radius 3 is 1.72 bits per heavy atom. The molecule has 7 nitrogen and oxygen atoms in total. The number of ether oxygens (including phenoxy) is 4. The molecule has 0 bridgehead atoms. The molecule has 0 amide bonds. The van der Waals surface area contributed by atoms with Crippen LogP contribution in [0.25, 0.3) is 0 Å². The van der Waals surface area contributed by atoms with Crippen molar-refractivity contribution in [1.29, 1.82) is 0 Å². The molecule has 0 unspecified atom stereocenters. The van der Waals surface area contributed by atoms with Crippen molar-refractivity contribution in [3.05, 3.63) is 35.9 Å². The molecule has 176 valence electrons. The molecule has 3 fully saturated rings. The Morgan fingerprint density at radius 1 is 0.781 bits per heavy atom. The van der Waals surface area contributed by atoms with Gasteiger partial charge in [0.1, 0.15) is 0 Å². The van der Waals surface area contributed by atoms with E-state index in [9.17, 15) is 9.59 Å². The van der Waals surface area contributed by atoms with E-state index in [4.69, 9.17) is 18.9 Å². The first-order chi connectivity index (χ1) is 15.7. The first-order valence-corrected chi connectivity index (χ1v) is 11.9. The van der Waals surface area contributed by atoms with Gasteiger partial charge in [0.2, 0.25) is 0 Å². The lowest BCUT2D eigenvalue weighted by atomic mass is 9.97. The summed E-state index contributed by atoms with van der Waals surface area (Å²) >= 11 is 0. The van der Waals surface area contributed by atoms with Gasteiger partial charge in [0, 0.05) is 57.9 Å². The maximum Gasteiger partial charge on any atom is 0.309 e. The molecule has 0 radical (unpaired) electrons. The molecule has 3 aliphatic rings. The zero-order chi connectivity index (χ0) is 22.2. The van der Waals surface area contributed by atoms with E-state index in [2.05, 4.69) is 17.0 Å². The minimum absolute atomic E-state index is 0.0598. The minimum Gasteiger partial charge on any atom is -0.465 e. The summed E-state index contributed by atoms with van der Waals surface area (Å²) in [5, 5.41) is 0. The smallest absolute Gasteiger partial charge is 0.309 e. The highest BCUT2D eigenvalue weighted by Gasteiger charge is 2.36. The third-order valence-corrected chi connectivity index (χ3v) is 6.89. The van der Waals surface area contributed by atoms with Gasteiger partial charge < -0.3 is 18.9 Å². The van der Waals surface area contributed by atoms with E-state index in [1.165, 1.54) is 5.56 Å². The van der Waals surface area contributed by atoms with E-state index in [1.54, 1.807) is 0 Å². The number of esters is 2. The molecule has 0 spiro atoms. The van der Waals surface area contributed by atoms with Gasteiger partial charge in [-0.15, -0.1) is 0 Å². The van der Waals surface area contributed by atoms with Gasteiger partial charge in [-0.25, -0.2) is 0 Å². The predicted molar refractivity (Wildman–Crippen MR) is 118 cm³/mol. The average Bonchev–Trinajstić information content (AvgIpc) is 3.24. The Labute approximate surface area is 190 Å². The number of carbonyl (C=O) groups excluding carboxylic acids is 2. The molecule has 7 heteroatoms. The van der Waals surface area contributed by atoms with Gasteiger partial charge in [-0.2, -0.15) is 0 Å². The first kappa shape index (κ1) is 23.2. The van der Waals surface area contributed by atoms with Crippen LogP contribution >= 0.6 is 0 Å². The molecular weight excluding hydrogens is 410 g/mol. The van der Waals surface area contributed by atoms with Crippen molar-refractivity contribution < 1.29 is 28.5 Å². The summed E-state index contributed by atoms with van der Waals surface area (Å²) < 4.78 is 22.2. The van der Waals surface area contributed by atoms with Crippen LogP contribution in [0.3, 0.4) is 0 Å². The van der Waals surface area contributed by atoms with Gasteiger partial charge in [-0.05, 0) is 31.2 Å². The zero-order valence-corrected chi connectivity index (χ0v) is 18.8. The molecule has 3 aliphatic heterocycles. The van der Waals surface area contributed by atoms with Crippen LogP contribution in [0.4, 0.5) is 0 Å². The summed E-state index contributed by atoms with van der Waals surface area (Å²) in [7, 11) is 0. The number of nitrogens with zero attached hydrogens (tertiary/aromatic N) is 1. The number of benzene rings is 1. The van der Waals surface area contributed by atoms with Crippen LogP contribution in [-0.2, 0) is 35.1 Å². The van der Waals surface area contributed by atoms with Gasteiger partial charge in [0.25, 0.3) is 0 Å². The highest BCUT2D eigenvalue weighted by Crippen LogP contribution is 2.27. The van der Waals surface area contributed by atoms with Crippen molar-refractivity contribution in [3.8, 4) is 0 Å². The summed E-state index contributed by atoms with van der Waals surface area (Å²) in [6.45, 7) is 5.75. The SMILES string of the molecule is O=C(OC[C@@H]1CN(Cc2ccccc2)C[C@@H]1COC(=O)C1CCOCC1)C1CCOCC1. The Bertz CT molecular complexity index is 687. The molecule has 1 aromatic carbocycles. The fourth-order valence-corrected chi connectivity index (χ4v) is 4.86. The quantitative estimate of drug-likeness (QED) is 0.570. The van der Waals surface area contributed by atoms with Crippen LogP contribution in [0.1, 0.15) is 31.2 Å². The highest BCUT2D eigenvalue weighted by molar-refractivity contribution is 5.73. The van der Waals surface area contributed by atoms with E-state index >= 15 is 0 Å². The zero-order valence-electron chi connectivity index (χ0n) is 18.8. The number of hydrogen-bond donors (Lipinski definition) is 0. The van der Waals surface area contributed by atoms with Crippen molar-refractivity contribution in [2.45, 2.75) is 32.2 Å². The molecule has 1 aromatic rings. The lowest BCUT2D eigenvalue weighted by molar-refractivity contribution is -0.156. The topological polar surface area (TPSA) is 74.3 Å². The summed E-state index contributed by atoms with van der Waals surface area (Å²) in [5.74, 6) is -0.0405. The minimum atomic E-state index is -0.118. The number of likely N-dealkylation sites (tertiary alicyclic amines) is 1. The van der Waals surface area contributed by atoms with Crippen LogP contribution in [0.2, 0.25) is 0 Å². The molecule has 2 atom stereocenters. The van der Waals surface area contributed by atoms with Gasteiger partial charge in [0.15, 0.2) is 0 Å². The van der Waals surface area contributed by atoms with Crippen molar-refractivity contribution in [3.63, 3.8) is 0 Å². The van der Waals surface area contributed by atoms with Crippen molar-refractivity contribution in [2.24, 2.45) is 23.7 Å². The fourth-order valence-electron chi connectivity index (χ4n) is 4.86. The summed E-state index contributed by atoms with van der Waals surface area (Å²) in [5.41, 5.74) is 1.25. The van der Waals surface area contributed by atoms with Crippen LogP contribution in [0.5, 0.6) is 0 Å². The molecule has 0 aliphatic carbocycles. The van der Waals surface area contributed by atoms with Crippen molar-refractivity contribution >= 4 is 11.9 Å². The van der Waals surface area contributed by atoms with Gasteiger partial charge in [0.05, 0.1) is 25.0 Å². The molecular formula is C25H35NO6. The van der Waals surface area contributed by atoms with Crippen LogP contribution < -0.4 is 0 Å². The number of carbonyl (C=O) groups is 2. The van der Waals surface area contributed by atoms with E-state index < -0.39 is 0 Å². The summed E-state index contributed by atoms with van der Waals surface area (Å²) in [6, 6.07) is 10.4. The van der Waals surface area contributed by atoms with Gasteiger partial charge in [-0.1, -0.05) is 30.3 Å². The highest BCUT2D eigenvalue weighted by atomic mass is 16.5. The second-order valence-corrected chi connectivity index (χ2v) is 9.23. The molecule has 0 N–H and O–H groups in total. The fraction of sp³-hybridized carbons (Fsp3) is 0.680. The van der Waals surface area contributed by atoms with E-state index in [1.807, 2.05) is 18.2 Å². The Kier molecular flexibility index (Phi) is 8.54. The summed E-state index contributed by atoms with van der Waals surface area (Å²) in [6.07, 6.45) is 2.93. The third-order valence-electron chi connectivity index (χ3n) is 6.89. The average molecular weight is 446 g/mol. The van der Waals surface area contributed by atoms with Crippen LogP contribution in [0.15, 0.2) is 30.3 Å².